The van der Waals surface area contributed by atoms with E-state index in [2.05, 4.69) is 156 Å². The Kier molecular flexibility index (Phi) is 32.9. The fraction of sp³-hybridized carbons (Fsp3) is 0.404. The zero-order valence-electron chi connectivity index (χ0n) is 80.4. The first-order valence-electron chi connectivity index (χ1n) is 47.8. The van der Waals surface area contributed by atoms with Crippen molar-refractivity contribution in [3.05, 3.63) is 272 Å². The minimum atomic E-state index is -0.639. The number of aliphatic hydroxyl groups excluding tert-OH is 2. The maximum absolute atomic E-state index is 13.3. The predicted octanol–water partition coefficient (Wildman–Crippen LogP) is 20.5. The van der Waals surface area contributed by atoms with Crippen molar-refractivity contribution in [2.24, 2.45) is 56.7 Å². The summed E-state index contributed by atoms with van der Waals surface area (Å²) in [4.78, 5) is 80.3. The molecule has 0 saturated heterocycles. The van der Waals surface area contributed by atoms with E-state index in [0.717, 1.165) is 210 Å². The molecule has 3 radical (unpaired) electrons. The molecule has 7 aromatic heterocycles. The van der Waals surface area contributed by atoms with Crippen LogP contribution in [0.2, 0.25) is 0 Å². The minimum absolute atomic E-state index is 0. The van der Waals surface area contributed by atoms with Crippen LogP contribution >= 0.6 is 22.7 Å². The Labute approximate surface area is 840 Å². The van der Waals surface area contributed by atoms with Crippen LogP contribution in [0.1, 0.15) is 203 Å². The molecule has 0 spiro atoms. The molecule has 0 amide bonds. The van der Waals surface area contributed by atoms with Gasteiger partial charge in [-0.05, 0) is 297 Å². The molecule has 5 aliphatic carbocycles. The fourth-order valence-corrected chi connectivity index (χ4v) is 23.9. The Morgan fingerprint density at radius 1 is 0.381 bits per heavy atom. The van der Waals surface area contributed by atoms with Gasteiger partial charge in [-0.2, -0.15) is 0 Å². The summed E-state index contributed by atoms with van der Waals surface area (Å²) < 4.78 is 80.8. The zero-order valence-corrected chi connectivity index (χ0v) is 84.0. The molecule has 12 heterocycles. The normalized spacial score (nSPS) is 23.3. The van der Waals surface area contributed by atoms with E-state index in [1.165, 1.54) is 144 Å². The molecule has 139 heavy (non-hydrogen) atoms. The van der Waals surface area contributed by atoms with Crippen molar-refractivity contribution >= 4 is 85.3 Å². The number of halogens is 5. The van der Waals surface area contributed by atoms with Gasteiger partial charge in [0.25, 0.3) is 0 Å². The van der Waals surface area contributed by atoms with Crippen molar-refractivity contribution < 1.29 is 95.3 Å². The van der Waals surface area contributed by atoms with Crippen molar-refractivity contribution in [3.8, 4) is 56.3 Å². The number of fused-ring (bicyclic) bond motifs is 10. The number of carbonyl (C=O) groups is 4. The smallest absolute Gasteiger partial charge is 0.793 e. The van der Waals surface area contributed by atoms with Crippen LogP contribution in [0, 0.1) is 85.8 Å². The predicted molar refractivity (Wildman–Crippen MR) is 527 cm³/mol. The minimum Gasteiger partial charge on any atom is -0.793 e. The van der Waals surface area contributed by atoms with E-state index in [1.54, 1.807) is 70.2 Å². The number of allylic oxidation sites excluding steroid dienone is 5. The van der Waals surface area contributed by atoms with Gasteiger partial charge in [0.2, 0.25) is 5.97 Å². The maximum atomic E-state index is 13.3. The van der Waals surface area contributed by atoms with Gasteiger partial charge in [0.1, 0.15) is 35.4 Å². The fourth-order valence-electron chi connectivity index (χ4n) is 22.6. The number of thiazole rings is 2. The van der Waals surface area contributed by atoms with E-state index < -0.39 is 17.9 Å². The molecule has 0 bridgehead atoms. The van der Waals surface area contributed by atoms with Crippen molar-refractivity contribution in [2.75, 3.05) is 13.2 Å². The molecule has 2 N–H and O–H groups in total. The summed E-state index contributed by atoms with van der Waals surface area (Å²) in [7, 11) is 4.32. The summed E-state index contributed by atoms with van der Waals surface area (Å²) in [5.41, 5.74) is 22.5. The number of rotatable bonds is 14. The molecule has 5 aromatic carbocycles. The quantitative estimate of drug-likeness (QED) is 0.0337. The van der Waals surface area contributed by atoms with Gasteiger partial charge in [0.15, 0.2) is 0 Å². The molecule has 10 aliphatic rings. The molecule has 5 aliphatic heterocycles. The molecular formula is C109H118BF5N12NaO9S2. The largest absolute Gasteiger partial charge is 1.00 e. The van der Waals surface area contributed by atoms with Crippen LogP contribution in [-0.4, -0.2) is 113 Å². The standard InChI is InChI=1S/2C23H24FN3S.2C19H21FN2O.C19H19FN2O.C4H6O4.C2H3BO2.Na/c2*1-23-14-27-15-26-22(16-5-8-19(24)9-6-16)20(27)13-18(23)4-2-3-17(23)7-10-21-25-11-12-28-21;3*1-19-11-22-12-21-18(13-5-7-16(20)8-6-13)17(22)9-14(19)3-2-4-15(19)10-23;1-3(5)7-8-4(2)6;1-2(4)5-3;/h2*5-6,8-9,11-13,15,17H,2-4,7,10,14H2,1H3;2*5-9,12,15,23H,2-4,10-11H2,1H3;5-10,12,15H,2-4,11H2,1H3;1-2H3;1H3;/q;;;;;;-1;+1/t2*17-,23-;3*15-,19+;;;/m11111.../s1. The third-order valence-corrected chi connectivity index (χ3v) is 32.2. The van der Waals surface area contributed by atoms with Crippen LogP contribution in [0.25, 0.3) is 86.7 Å². The van der Waals surface area contributed by atoms with E-state index >= 15 is 0 Å². The van der Waals surface area contributed by atoms with Crippen LogP contribution < -0.4 is 29.6 Å². The van der Waals surface area contributed by atoms with E-state index in [0.29, 0.717) is 23.7 Å². The zero-order chi connectivity index (χ0) is 97.2. The molecule has 719 valence electrons. The summed E-state index contributed by atoms with van der Waals surface area (Å²) in [5.74, 6) is -0.832. The molecule has 5 saturated carbocycles. The number of imidazole rings is 5. The number of aliphatic hydroxyl groups is 2. The van der Waals surface area contributed by atoms with Crippen LogP contribution in [0.5, 0.6) is 0 Å². The Bertz CT molecular complexity index is 6160. The summed E-state index contributed by atoms with van der Waals surface area (Å²) in [6, 6.07) is 32.8. The molecule has 5 fully saturated rings. The van der Waals surface area contributed by atoms with Crippen molar-refractivity contribution in [1.82, 2.24) is 57.7 Å². The first-order chi connectivity index (χ1) is 66.5. The van der Waals surface area contributed by atoms with Crippen LogP contribution in [0.15, 0.2) is 204 Å². The average Bonchev–Trinajstić information content (AvgIpc) is 1.70. The van der Waals surface area contributed by atoms with Gasteiger partial charge < -0.3 is 50.5 Å². The third kappa shape index (κ3) is 22.6. The van der Waals surface area contributed by atoms with Gasteiger partial charge in [-0.25, -0.2) is 76.2 Å². The molecule has 21 nitrogen and oxygen atoms in total. The van der Waals surface area contributed by atoms with Gasteiger partial charge in [-0.3, -0.25) is 4.79 Å². The number of aromatic nitrogens is 12. The van der Waals surface area contributed by atoms with Crippen molar-refractivity contribution in [1.29, 1.82) is 0 Å². The first kappa shape index (κ1) is 102. The second kappa shape index (κ2) is 44.7. The Morgan fingerprint density at radius 3 is 0.849 bits per heavy atom. The second-order valence-electron chi connectivity index (χ2n) is 39.0. The van der Waals surface area contributed by atoms with Crippen molar-refractivity contribution in [3.63, 3.8) is 0 Å². The van der Waals surface area contributed by atoms with E-state index in [-0.39, 0.29) is 105 Å². The Hall–Kier alpha value is -11.2. The van der Waals surface area contributed by atoms with E-state index in [1.807, 2.05) is 68.3 Å². The summed E-state index contributed by atoms with van der Waals surface area (Å²) >= 11 is 3.53. The number of hydrogen-bond donors (Lipinski definition) is 2. The van der Waals surface area contributed by atoms with Gasteiger partial charge in [-0.15, -0.1) is 22.7 Å². The third-order valence-electron chi connectivity index (χ3n) is 30.5. The number of carbonyl (C=O) groups excluding carboxylic acids is 4. The number of hydrogen-bond acceptors (Lipinski definition) is 18. The van der Waals surface area contributed by atoms with Gasteiger partial charge >= 0.3 is 41.5 Å². The molecule has 0 unspecified atom stereocenters. The Morgan fingerprint density at radius 2 is 0.619 bits per heavy atom. The summed E-state index contributed by atoms with van der Waals surface area (Å²) in [6.45, 7) is 20.0. The maximum Gasteiger partial charge on any atom is 1.00 e. The molecule has 10 atom stereocenters. The number of benzene rings is 5. The second-order valence-corrected chi connectivity index (χ2v) is 41.0. The van der Waals surface area contributed by atoms with Gasteiger partial charge in [0, 0.05) is 151 Å². The van der Waals surface area contributed by atoms with Crippen LogP contribution in [-0.2, 0) is 79.2 Å². The SMILES string of the molecule is CC(=O)OOC(C)=O.C[C@]12Cn3cnc(-c4ccc(F)cc4)c3C=C1CCC[C@@H]2C=O.C[C@]12Cn3cnc(-c4ccc(F)cc4)c3C=C1CCC[C@@H]2CCc1nccs1.C[C@]12Cn3cnc(-c4ccc(F)cc4)c3C=C1CCC[C@@H]2CCc1nccs1.C[C@]12Cn3cnc(-c4ccc(F)cc4)c3C=C1CCC[C@@H]2CO.C[C@]12Cn3cnc(-c4ccc(F)cc4)c3C=C1CCC[C@@H]2CO.[B-]OC(C)=O.[Na+]. The van der Waals surface area contributed by atoms with Crippen LogP contribution in [0.3, 0.4) is 0 Å². The van der Waals surface area contributed by atoms with Crippen molar-refractivity contribution in [2.45, 2.75) is 210 Å². The Balaban J connectivity index is 0.000000127. The molecule has 12 aromatic rings. The van der Waals surface area contributed by atoms with Gasteiger partial charge in [-0.1, -0.05) is 62.5 Å². The number of aryl methyl sites for hydroxylation is 2. The molecule has 30 heteroatoms. The number of aldehydes is 1. The van der Waals surface area contributed by atoms with Crippen LogP contribution in [0.4, 0.5) is 22.0 Å². The summed E-state index contributed by atoms with van der Waals surface area (Å²) in [6.07, 6.45) is 47.4. The number of nitrogens with zero attached hydrogens (tertiary/aromatic N) is 12. The average molecular weight is 1930 g/mol. The molecular weight excluding hydrogens is 1810 g/mol. The first-order valence-corrected chi connectivity index (χ1v) is 49.5. The summed E-state index contributed by atoms with van der Waals surface area (Å²) in [5, 5.41) is 26.2. The monoisotopic (exact) mass is 1930 g/mol. The van der Waals surface area contributed by atoms with E-state index in [9.17, 15) is 51.3 Å². The topological polar surface area (TPSA) is 251 Å². The van der Waals surface area contributed by atoms with Gasteiger partial charge in [0.05, 0.1) is 98.6 Å². The molecule has 22 rings (SSSR count). The van der Waals surface area contributed by atoms with E-state index in [4.69, 9.17) is 0 Å².